The fraction of sp³-hybridized carbons (Fsp3) is 0.327. The topological polar surface area (TPSA) is 227 Å². The minimum absolute atomic E-state index is 0.0141. The molecule has 0 saturated carbocycles. The average Bonchev–Trinajstić information content (AvgIpc) is 3.76. The van der Waals surface area contributed by atoms with E-state index in [0.717, 1.165) is 27.8 Å². The molecular formula is C52H57N6O14P. The molecule has 1 unspecified atom stereocenters. The highest BCUT2D eigenvalue weighted by molar-refractivity contribution is 7.44. The second kappa shape index (κ2) is 25.5. The van der Waals surface area contributed by atoms with Crippen molar-refractivity contribution in [2.75, 3.05) is 59.6 Å². The molecule has 0 bridgehead atoms. The average molecular weight is 1020 g/mol. The lowest BCUT2D eigenvalue weighted by atomic mass is 9.80. The Balaban J connectivity index is 1.20. The van der Waals surface area contributed by atoms with Gasteiger partial charge >= 0.3 is 11.8 Å². The first-order valence-electron chi connectivity index (χ1n) is 23.4. The van der Waals surface area contributed by atoms with Crippen LogP contribution in [0.1, 0.15) is 47.9 Å². The summed E-state index contributed by atoms with van der Waals surface area (Å²) >= 11 is 0. The van der Waals surface area contributed by atoms with E-state index in [-0.39, 0.29) is 37.0 Å². The number of hydrogen-bond donors (Lipinski definition) is 1. The molecule has 384 valence electrons. The van der Waals surface area contributed by atoms with Crippen LogP contribution in [-0.2, 0) is 46.4 Å². The maximum absolute atomic E-state index is 14.0. The number of ether oxygens (including phenoxy) is 6. The first-order chi connectivity index (χ1) is 35.4. The second-order valence-corrected chi connectivity index (χ2v) is 18.0. The van der Waals surface area contributed by atoms with Crippen molar-refractivity contribution < 1.29 is 52.1 Å². The number of nitro groups is 2. The first-order valence-corrected chi connectivity index (χ1v) is 24.5. The zero-order valence-electron chi connectivity index (χ0n) is 40.9. The smallest absolute Gasteiger partial charge is 0.412 e. The highest BCUT2D eigenvalue weighted by Crippen LogP contribution is 2.49. The summed E-state index contributed by atoms with van der Waals surface area (Å²) in [7, 11) is 2.85. The number of anilines is 1. The summed E-state index contributed by atoms with van der Waals surface area (Å²) in [5.74, 6) is 1.21. The van der Waals surface area contributed by atoms with Gasteiger partial charge in [0.2, 0.25) is 0 Å². The zero-order chi connectivity index (χ0) is 51.9. The third-order valence-electron chi connectivity index (χ3n) is 12.2. The van der Waals surface area contributed by atoms with E-state index in [1.165, 1.54) is 48.2 Å². The lowest BCUT2D eigenvalue weighted by Crippen LogP contribution is -2.42. The third-order valence-corrected chi connectivity index (χ3v) is 14.1. The van der Waals surface area contributed by atoms with Gasteiger partial charge in [0.15, 0.2) is 6.23 Å². The zero-order valence-corrected chi connectivity index (χ0v) is 41.8. The molecule has 1 amide bonds. The van der Waals surface area contributed by atoms with Crippen LogP contribution in [0, 0.1) is 20.2 Å². The highest BCUT2D eigenvalue weighted by Gasteiger charge is 2.51. The van der Waals surface area contributed by atoms with Crippen LogP contribution in [0.5, 0.6) is 11.5 Å². The van der Waals surface area contributed by atoms with E-state index in [1.807, 2.05) is 97.4 Å². The van der Waals surface area contributed by atoms with Crippen molar-refractivity contribution in [3.8, 4) is 11.5 Å². The molecule has 2 heterocycles. The largest absolute Gasteiger partial charge is 0.497 e. The molecule has 0 aliphatic carbocycles. The maximum atomic E-state index is 14.0. The van der Waals surface area contributed by atoms with E-state index in [9.17, 15) is 29.8 Å². The normalized spacial score (nSPS) is 17.0. The predicted molar refractivity (Wildman–Crippen MR) is 271 cm³/mol. The van der Waals surface area contributed by atoms with E-state index in [2.05, 4.69) is 10.3 Å². The summed E-state index contributed by atoms with van der Waals surface area (Å²) in [4.78, 5) is 52.3. The van der Waals surface area contributed by atoms with Crippen LogP contribution in [0.2, 0.25) is 0 Å². The summed E-state index contributed by atoms with van der Waals surface area (Å²) in [6, 6.07) is 38.5. The second-order valence-electron chi connectivity index (χ2n) is 16.5. The Kier molecular flexibility index (Phi) is 18.7. The Morgan fingerprint density at radius 2 is 1.27 bits per heavy atom. The van der Waals surface area contributed by atoms with Gasteiger partial charge in [0.1, 0.15) is 41.2 Å². The lowest BCUT2D eigenvalue weighted by molar-refractivity contribution is -0.385. The maximum Gasteiger partial charge on any atom is 0.412 e. The molecular weight excluding hydrogens is 964 g/mol. The van der Waals surface area contributed by atoms with Crippen molar-refractivity contribution >= 4 is 31.8 Å². The molecule has 1 N–H and O–H groups in total. The minimum atomic E-state index is -1.83. The van der Waals surface area contributed by atoms with Gasteiger partial charge < -0.3 is 37.5 Å². The van der Waals surface area contributed by atoms with Crippen molar-refractivity contribution in [1.29, 1.82) is 0 Å². The van der Waals surface area contributed by atoms with Crippen LogP contribution in [0.3, 0.4) is 0 Å². The highest BCUT2D eigenvalue weighted by atomic mass is 31.2. The molecule has 21 heteroatoms. The van der Waals surface area contributed by atoms with E-state index >= 15 is 0 Å². The molecule has 0 spiro atoms. The number of non-ortho nitro benzene ring substituents is 2. The van der Waals surface area contributed by atoms with Crippen LogP contribution >= 0.6 is 8.53 Å². The predicted octanol–water partition coefficient (Wildman–Crippen LogP) is 9.00. The Bertz CT molecular complexity index is 2760. The van der Waals surface area contributed by atoms with Gasteiger partial charge in [-0.1, -0.05) is 92.7 Å². The molecule has 1 aliphatic heterocycles. The Morgan fingerprint density at radius 3 is 1.77 bits per heavy atom. The molecule has 5 aromatic carbocycles. The van der Waals surface area contributed by atoms with Gasteiger partial charge in [-0.05, 0) is 64.6 Å². The van der Waals surface area contributed by atoms with Crippen LogP contribution in [0.4, 0.5) is 22.0 Å². The summed E-state index contributed by atoms with van der Waals surface area (Å²) in [5, 5.41) is 24.8. The fourth-order valence-electron chi connectivity index (χ4n) is 8.35. The number of nitro benzene ring substituents is 2. The van der Waals surface area contributed by atoms with Crippen LogP contribution in [-0.4, -0.2) is 103 Å². The fourth-order valence-corrected chi connectivity index (χ4v) is 9.88. The van der Waals surface area contributed by atoms with E-state index in [1.54, 1.807) is 38.5 Å². The Labute approximate surface area is 423 Å². The number of amides is 1. The molecule has 1 aliphatic rings. The summed E-state index contributed by atoms with van der Waals surface area (Å²) in [6.07, 6.45) is -2.66. The molecule has 1 fully saturated rings. The molecule has 73 heavy (non-hydrogen) atoms. The monoisotopic (exact) mass is 1020 g/mol. The number of rotatable bonds is 25. The van der Waals surface area contributed by atoms with E-state index in [4.69, 9.17) is 37.5 Å². The van der Waals surface area contributed by atoms with Crippen molar-refractivity contribution in [2.24, 2.45) is 0 Å². The van der Waals surface area contributed by atoms with Crippen molar-refractivity contribution in [2.45, 2.75) is 56.8 Å². The standard InChI is InChI=1S/C52H57N6O14P/c1-6-55(7-2)73(70-34-31-37-15-23-42(24-16-37)58(63)64)72-47-45(35-69-52(38-11-9-8-10-12-38,39-17-25-43(65-3)26-18-39)40-19-27-44(66-4)28-20-40)71-49(48(47)67-5)56-32-29-46(53-50(56)59)54-51(60)68-33-30-36-13-21-41(22-14-36)57(61)62/h8-29,32,45,47-49H,6-7,30-31,33-35H2,1-5H3,(H,53,54,59,60)/t45-,47-,48-,49-,73?/m1/s1. The Hall–Kier alpha value is -7.16. The molecule has 1 aromatic heterocycles. The van der Waals surface area contributed by atoms with Crippen molar-refractivity contribution in [3.63, 3.8) is 0 Å². The van der Waals surface area contributed by atoms with E-state index < -0.39 is 60.3 Å². The first kappa shape index (κ1) is 53.6. The number of benzene rings is 5. The van der Waals surface area contributed by atoms with Gasteiger partial charge in [0, 0.05) is 57.1 Å². The van der Waals surface area contributed by atoms with Crippen LogP contribution < -0.4 is 20.5 Å². The lowest BCUT2D eigenvalue weighted by Gasteiger charge is -2.38. The van der Waals surface area contributed by atoms with Crippen LogP contribution in [0.25, 0.3) is 0 Å². The molecule has 6 aromatic rings. The number of carbonyl (C=O) groups excluding carboxylic acids is 1. The minimum Gasteiger partial charge on any atom is -0.497 e. The summed E-state index contributed by atoms with van der Waals surface area (Å²) in [6.45, 7) is 5.12. The van der Waals surface area contributed by atoms with Gasteiger partial charge in [-0.3, -0.25) is 30.1 Å². The van der Waals surface area contributed by atoms with Gasteiger partial charge in [0.25, 0.3) is 19.9 Å². The molecule has 20 nitrogen and oxygen atoms in total. The van der Waals surface area contributed by atoms with E-state index in [0.29, 0.717) is 37.4 Å². The molecule has 1 saturated heterocycles. The number of nitrogens with one attached hydrogen (secondary N) is 1. The van der Waals surface area contributed by atoms with Gasteiger partial charge in [0.05, 0.1) is 43.9 Å². The number of carbonyl (C=O) groups is 1. The molecule has 5 atom stereocenters. The number of hydrogen-bond acceptors (Lipinski definition) is 16. The summed E-state index contributed by atoms with van der Waals surface area (Å²) in [5.41, 5.74) is 1.79. The van der Waals surface area contributed by atoms with Gasteiger partial charge in [-0.25, -0.2) is 14.3 Å². The van der Waals surface area contributed by atoms with Crippen molar-refractivity contribution in [1.82, 2.24) is 14.2 Å². The Morgan fingerprint density at radius 1 is 0.740 bits per heavy atom. The SMILES string of the molecule is CCN(CC)P(OCCc1ccc([N+](=O)[O-])cc1)O[C@H]1[C@@H](OC)[C@H](n2ccc(NC(=O)OCCc3ccc([N+](=O)[O-])cc3)nc2=O)O[C@@H]1COC(c1ccccc1)(c1ccc(OC)cc1)c1ccc(OC)cc1. The van der Waals surface area contributed by atoms with Gasteiger partial charge in [-0.15, -0.1) is 0 Å². The summed E-state index contributed by atoms with van der Waals surface area (Å²) < 4.78 is 53.7. The number of aromatic nitrogens is 2. The van der Waals surface area contributed by atoms with Crippen molar-refractivity contribution in [3.05, 3.63) is 198 Å². The third kappa shape index (κ3) is 13.1. The molecule has 0 radical (unpaired) electrons. The number of nitrogens with zero attached hydrogens (tertiary/aromatic N) is 5. The van der Waals surface area contributed by atoms with Crippen LogP contribution in [0.15, 0.2) is 144 Å². The molecule has 7 rings (SSSR count). The van der Waals surface area contributed by atoms with Gasteiger partial charge in [-0.2, -0.15) is 4.98 Å². The quantitative estimate of drug-likeness (QED) is 0.0244. The number of methoxy groups -OCH3 is 3.